The first kappa shape index (κ1) is 12.4. The molecular formula is C9H3Cl2FN4. The van der Waals surface area contributed by atoms with E-state index < -0.39 is 5.83 Å². The van der Waals surface area contributed by atoms with E-state index in [-0.39, 0.29) is 27.1 Å². The largest absolute Gasteiger partial charge is 0.206 e. The molecule has 0 bridgehead atoms. The number of nitrogens with zero attached hydrogens (tertiary/aromatic N) is 4. The molecule has 0 heterocycles. The highest BCUT2D eigenvalue weighted by molar-refractivity contribution is 6.60. The van der Waals surface area contributed by atoms with Crippen LogP contribution in [-0.4, -0.2) is 11.4 Å². The average Bonchev–Trinajstić information content (AvgIpc) is 2.28. The Labute approximate surface area is 101 Å². The summed E-state index contributed by atoms with van der Waals surface area (Å²) in [6.07, 6.45) is 2.91. The molecule has 1 aliphatic rings. The second kappa shape index (κ2) is 4.89. The molecule has 1 aliphatic carbocycles. The summed E-state index contributed by atoms with van der Waals surface area (Å²) >= 11 is 11.5. The summed E-state index contributed by atoms with van der Waals surface area (Å²) in [4.78, 5) is 6.57. The first-order valence-electron chi connectivity index (χ1n) is 3.91. The molecule has 0 atom stereocenters. The Hall–Kier alpha value is -1.69. The molecule has 0 saturated heterocycles. The van der Waals surface area contributed by atoms with Crippen molar-refractivity contribution in [2.24, 2.45) is 9.98 Å². The van der Waals surface area contributed by atoms with E-state index in [0.717, 1.165) is 0 Å². The fourth-order valence-corrected chi connectivity index (χ4v) is 1.57. The monoisotopic (exact) mass is 256 g/mol. The molecule has 0 aliphatic heterocycles. The van der Waals surface area contributed by atoms with Crippen LogP contribution in [0.4, 0.5) is 4.39 Å². The quantitative estimate of drug-likeness (QED) is 0.494. The van der Waals surface area contributed by atoms with Gasteiger partial charge in [-0.15, -0.1) is 0 Å². The van der Waals surface area contributed by atoms with Gasteiger partial charge in [-0.25, -0.2) is 4.39 Å². The van der Waals surface area contributed by atoms with Gasteiger partial charge in [-0.2, -0.15) is 20.5 Å². The third-order valence-corrected chi connectivity index (χ3v) is 2.66. The fraction of sp³-hybridized carbons (Fsp3) is 0.111. The summed E-state index contributed by atoms with van der Waals surface area (Å²) in [6, 6.07) is 0. The Balaban J connectivity index is 3.52. The van der Waals surface area contributed by atoms with Gasteiger partial charge in [0, 0.05) is 5.57 Å². The molecule has 7 heteroatoms. The van der Waals surface area contributed by atoms with Crippen LogP contribution in [0.3, 0.4) is 0 Å². The first-order valence-corrected chi connectivity index (χ1v) is 4.66. The molecule has 0 N–H and O–H groups in total. The van der Waals surface area contributed by atoms with E-state index in [9.17, 15) is 4.39 Å². The molecule has 4 nitrogen and oxygen atoms in total. The van der Waals surface area contributed by atoms with Crippen LogP contribution in [0.5, 0.6) is 0 Å². The summed E-state index contributed by atoms with van der Waals surface area (Å²) in [5, 5.41) is 16.4. The van der Waals surface area contributed by atoms with Crippen LogP contribution < -0.4 is 0 Å². The van der Waals surface area contributed by atoms with Crippen LogP contribution >= 0.6 is 23.2 Å². The minimum Gasteiger partial charge on any atom is -0.204 e. The molecule has 0 amide bonds. The number of halogens is 3. The zero-order valence-corrected chi connectivity index (χ0v) is 9.43. The van der Waals surface area contributed by atoms with E-state index >= 15 is 0 Å². The van der Waals surface area contributed by atoms with Gasteiger partial charge in [-0.05, 0) is 6.92 Å². The van der Waals surface area contributed by atoms with Crippen molar-refractivity contribution in [2.45, 2.75) is 6.92 Å². The SMILES string of the molecule is CC1=C(F)C(=N\C#N)/C(Cl)=C(Cl)C/1=N/C#N. The zero-order valence-electron chi connectivity index (χ0n) is 7.92. The maximum atomic E-state index is 13.7. The van der Waals surface area contributed by atoms with Crippen LogP contribution in [-0.2, 0) is 0 Å². The lowest BCUT2D eigenvalue weighted by Crippen LogP contribution is -2.17. The summed E-state index contributed by atoms with van der Waals surface area (Å²) in [7, 11) is 0. The van der Waals surface area contributed by atoms with Crippen molar-refractivity contribution < 1.29 is 4.39 Å². The Morgan fingerprint density at radius 3 is 2.00 bits per heavy atom. The molecular weight excluding hydrogens is 254 g/mol. The molecule has 0 aromatic rings. The molecule has 0 fully saturated rings. The number of hydrogen-bond acceptors (Lipinski definition) is 4. The lowest BCUT2D eigenvalue weighted by Gasteiger charge is -2.14. The minimum absolute atomic E-state index is 0.0185. The summed E-state index contributed by atoms with van der Waals surface area (Å²) in [5.41, 5.74) is -0.378. The van der Waals surface area contributed by atoms with Crippen LogP contribution in [0.2, 0.25) is 0 Å². The fourth-order valence-electron chi connectivity index (χ4n) is 1.08. The molecule has 0 radical (unpaired) electrons. The highest BCUT2D eigenvalue weighted by Crippen LogP contribution is 2.31. The number of allylic oxidation sites excluding steroid dienone is 4. The molecule has 0 saturated carbocycles. The Morgan fingerprint density at radius 2 is 1.50 bits per heavy atom. The summed E-state index contributed by atoms with van der Waals surface area (Å²) < 4.78 is 13.7. The van der Waals surface area contributed by atoms with Gasteiger partial charge < -0.3 is 0 Å². The molecule has 0 aromatic heterocycles. The van der Waals surface area contributed by atoms with Crippen molar-refractivity contribution in [3.63, 3.8) is 0 Å². The van der Waals surface area contributed by atoms with Crippen molar-refractivity contribution in [3.8, 4) is 12.4 Å². The Bertz CT molecular complexity index is 465. The third-order valence-electron chi connectivity index (χ3n) is 1.82. The predicted molar refractivity (Wildman–Crippen MR) is 58.6 cm³/mol. The van der Waals surface area contributed by atoms with Gasteiger partial charge in [0.05, 0.1) is 10.1 Å². The molecule has 0 spiro atoms. The highest BCUT2D eigenvalue weighted by Gasteiger charge is 2.28. The molecule has 0 unspecified atom stereocenters. The van der Waals surface area contributed by atoms with Crippen molar-refractivity contribution in [2.75, 3.05) is 0 Å². The predicted octanol–water partition coefficient (Wildman–Crippen LogP) is 2.78. The van der Waals surface area contributed by atoms with Gasteiger partial charge >= 0.3 is 0 Å². The summed E-state index contributed by atoms with van der Waals surface area (Å²) in [6.45, 7) is 1.37. The lowest BCUT2D eigenvalue weighted by molar-refractivity contribution is 0.674. The van der Waals surface area contributed by atoms with E-state index in [0.29, 0.717) is 0 Å². The smallest absolute Gasteiger partial charge is 0.204 e. The van der Waals surface area contributed by atoms with Gasteiger partial charge in [0.25, 0.3) is 0 Å². The van der Waals surface area contributed by atoms with Crippen molar-refractivity contribution >= 4 is 34.6 Å². The van der Waals surface area contributed by atoms with Gasteiger partial charge in [0.1, 0.15) is 11.4 Å². The average molecular weight is 257 g/mol. The number of hydrogen-bond donors (Lipinski definition) is 0. The van der Waals surface area contributed by atoms with E-state index in [2.05, 4.69) is 9.98 Å². The van der Waals surface area contributed by atoms with E-state index in [1.807, 2.05) is 0 Å². The maximum absolute atomic E-state index is 13.7. The number of rotatable bonds is 0. The second-order valence-corrected chi connectivity index (χ2v) is 3.44. The second-order valence-electron chi connectivity index (χ2n) is 2.69. The van der Waals surface area contributed by atoms with E-state index in [4.69, 9.17) is 33.7 Å². The lowest BCUT2D eigenvalue weighted by atomic mass is 10.0. The van der Waals surface area contributed by atoms with E-state index in [1.165, 1.54) is 19.3 Å². The maximum Gasteiger partial charge on any atom is 0.206 e. The number of aliphatic imine (C=N–C) groups is 2. The van der Waals surface area contributed by atoms with Gasteiger partial charge in [-0.1, -0.05) is 23.2 Å². The summed E-state index contributed by atoms with van der Waals surface area (Å²) in [5.74, 6) is -0.815. The van der Waals surface area contributed by atoms with Crippen molar-refractivity contribution in [3.05, 3.63) is 21.5 Å². The molecule has 0 aromatic carbocycles. The van der Waals surface area contributed by atoms with Gasteiger partial charge in [0.2, 0.25) is 12.4 Å². The normalized spacial score (nSPS) is 21.4. The van der Waals surface area contributed by atoms with Gasteiger partial charge in [-0.3, -0.25) is 0 Å². The van der Waals surface area contributed by atoms with Gasteiger partial charge in [0.15, 0.2) is 5.83 Å². The Morgan fingerprint density at radius 1 is 1.06 bits per heavy atom. The molecule has 16 heavy (non-hydrogen) atoms. The van der Waals surface area contributed by atoms with Crippen LogP contribution in [0, 0.1) is 22.9 Å². The van der Waals surface area contributed by atoms with Crippen LogP contribution in [0.1, 0.15) is 6.92 Å². The third kappa shape index (κ3) is 1.96. The molecule has 80 valence electrons. The van der Waals surface area contributed by atoms with Crippen LogP contribution in [0.25, 0.3) is 0 Å². The molecule has 1 rings (SSSR count). The zero-order chi connectivity index (χ0) is 12.3. The van der Waals surface area contributed by atoms with Crippen LogP contribution in [0.15, 0.2) is 31.4 Å². The van der Waals surface area contributed by atoms with E-state index in [1.54, 1.807) is 0 Å². The standard InChI is InChI=1S/C9H3Cl2FN4/c1-4-7(12)9(16-3-14)6(11)5(10)8(4)15-2-13/h1H3/b15-8+,16-9-. The highest BCUT2D eigenvalue weighted by atomic mass is 35.5. The van der Waals surface area contributed by atoms with Crippen molar-refractivity contribution in [1.29, 1.82) is 10.5 Å². The first-order chi connectivity index (χ1) is 7.54. The Kier molecular flexibility index (Phi) is 3.78. The number of nitriles is 2. The van der Waals surface area contributed by atoms with Crippen molar-refractivity contribution in [1.82, 2.24) is 0 Å². The topological polar surface area (TPSA) is 72.3 Å². The minimum atomic E-state index is -0.815.